The Labute approximate surface area is 91.2 Å². The molecule has 0 saturated heterocycles. The van der Waals surface area contributed by atoms with E-state index in [2.05, 4.69) is 0 Å². The van der Waals surface area contributed by atoms with Crippen molar-refractivity contribution in [1.82, 2.24) is 0 Å². The molecule has 0 aliphatic carbocycles. The zero-order valence-electron chi connectivity index (χ0n) is 9.10. The minimum absolute atomic E-state index is 0.0425. The van der Waals surface area contributed by atoms with E-state index in [9.17, 15) is 8.42 Å². The molecule has 2 N–H and O–H groups in total. The van der Waals surface area contributed by atoms with E-state index in [0.717, 1.165) is 5.56 Å². The van der Waals surface area contributed by atoms with E-state index in [1.807, 2.05) is 31.2 Å². The Morgan fingerprint density at radius 3 is 2.27 bits per heavy atom. The number of benzene rings is 1. The fraction of sp³-hybridized carbons (Fsp3) is 0.455. The highest BCUT2D eigenvalue weighted by Crippen LogP contribution is 2.06. The minimum atomic E-state index is -2.98. The quantitative estimate of drug-likeness (QED) is 0.831. The molecular formula is C11H17NO2S. The molecular weight excluding hydrogens is 210 g/mol. The van der Waals surface area contributed by atoms with Crippen molar-refractivity contribution in [2.24, 2.45) is 5.73 Å². The summed E-state index contributed by atoms with van der Waals surface area (Å²) in [6.45, 7) is 2.01. The first-order valence-electron chi connectivity index (χ1n) is 4.86. The molecule has 0 aliphatic heterocycles. The Morgan fingerprint density at radius 1 is 1.27 bits per heavy atom. The van der Waals surface area contributed by atoms with E-state index in [1.54, 1.807) is 0 Å². The van der Waals surface area contributed by atoms with Gasteiger partial charge in [-0.3, -0.25) is 0 Å². The van der Waals surface area contributed by atoms with Crippen LogP contribution in [0.5, 0.6) is 0 Å². The highest BCUT2D eigenvalue weighted by Gasteiger charge is 2.11. The number of aryl methyl sites for hydroxylation is 1. The molecule has 84 valence electrons. The summed E-state index contributed by atoms with van der Waals surface area (Å²) in [5, 5.41) is 0. The second-order valence-corrected chi connectivity index (χ2v) is 6.23. The normalized spacial score (nSPS) is 13.8. The third-order valence-electron chi connectivity index (χ3n) is 2.14. The summed E-state index contributed by atoms with van der Waals surface area (Å²) in [7, 11) is -2.98. The van der Waals surface area contributed by atoms with Gasteiger partial charge in [0.25, 0.3) is 0 Å². The number of nitrogens with two attached hydrogens (primary N) is 1. The van der Waals surface area contributed by atoms with Crippen molar-refractivity contribution >= 4 is 9.84 Å². The summed E-state index contributed by atoms with van der Waals surface area (Å²) in [6.07, 6.45) is 1.81. The third-order valence-corrected chi connectivity index (χ3v) is 3.17. The Kier molecular flexibility index (Phi) is 3.88. The van der Waals surface area contributed by atoms with Gasteiger partial charge in [-0.05, 0) is 18.9 Å². The first kappa shape index (κ1) is 12.2. The SMILES string of the molecule is Cc1ccc(CC(N)CS(C)(=O)=O)cc1. The smallest absolute Gasteiger partial charge is 0.148 e. The average Bonchev–Trinajstić information content (AvgIpc) is 2.05. The molecule has 1 unspecified atom stereocenters. The van der Waals surface area contributed by atoms with E-state index in [4.69, 9.17) is 5.73 Å². The third kappa shape index (κ3) is 4.95. The molecule has 0 radical (unpaired) electrons. The highest BCUT2D eigenvalue weighted by molar-refractivity contribution is 7.90. The van der Waals surface area contributed by atoms with Gasteiger partial charge in [-0.25, -0.2) is 8.42 Å². The van der Waals surface area contributed by atoms with Gasteiger partial charge < -0.3 is 5.73 Å². The molecule has 0 fully saturated rings. The number of rotatable bonds is 4. The van der Waals surface area contributed by atoms with Crippen LogP contribution in [-0.4, -0.2) is 26.5 Å². The zero-order chi connectivity index (χ0) is 11.5. The van der Waals surface area contributed by atoms with Crippen molar-refractivity contribution < 1.29 is 8.42 Å². The maximum absolute atomic E-state index is 11.0. The van der Waals surface area contributed by atoms with E-state index < -0.39 is 9.84 Å². The van der Waals surface area contributed by atoms with Gasteiger partial charge in [-0.1, -0.05) is 29.8 Å². The van der Waals surface area contributed by atoms with Gasteiger partial charge in [-0.2, -0.15) is 0 Å². The Balaban J connectivity index is 2.59. The van der Waals surface area contributed by atoms with Crippen LogP contribution in [0.2, 0.25) is 0 Å². The molecule has 0 aromatic heterocycles. The maximum Gasteiger partial charge on any atom is 0.148 e. The fourth-order valence-corrected chi connectivity index (χ4v) is 2.37. The van der Waals surface area contributed by atoms with Crippen molar-refractivity contribution in [2.45, 2.75) is 19.4 Å². The molecule has 3 nitrogen and oxygen atoms in total. The molecule has 1 atom stereocenters. The summed E-state index contributed by atoms with van der Waals surface area (Å²) in [5.74, 6) is 0.0425. The minimum Gasteiger partial charge on any atom is -0.326 e. The molecule has 1 aromatic rings. The van der Waals surface area contributed by atoms with E-state index in [0.29, 0.717) is 6.42 Å². The van der Waals surface area contributed by atoms with Crippen LogP contribution in [0.1, 0.15) is 11.1 Å². The van der Waals surface area contributed by atoms with E-state index >= 15 is 0 Å². The predicted molar refractivity (Wildman–Crippen MR) is 62.6 cm³/mol. The first-order chi connectivity index (χ1) is 6.87. The Hall–Kier alpha value is -0.870. The average molecular weight is 227 g/mol. The monoisotopic (exact) mass is 227 g/mol. The second kappa shape index (κ2) is 4.77. The standard InChI is InChI=1S/C11H17NO2S/c1-9-3-5-10(6-4-9)7-11(12)8-15(2,13)14/h3-6,11H,7-8,12H2,1-2H3. The number of hydrogen-bond donors (Lipinski definition) is 1. The molecule has 1 rings (SSSR count). The zero-order valence-corrected chi connectivity index (χ0v) is 9.92. The van der Waals surface area contributed by atoms with Crippen LogP contribution < -0.4 is 5.73 Å². The lowest BCUT2D eigenvalue weighted by Gasteiger charge is -2.10. The molecule has 0 spiro atoms. The molecule has 0 heterocycles. The van der Waals surface area contributed by atoms with Gasteiger partial charge in [0, 0.05) is 12.3 Å². The topological polar surface area (TPSA) is 60.2 Å². The van der Waals surface area contributed by atoms with Gasteiger partial charge >= 0.3 is 0 Å². The second-order valence-electron chi connectivity index (χ2n) is 4.04. The molecule has 0 saturated carbocycles. The largest absolute Gasteiger partial charge is 0.326 e. The van der Waals surface area contributed by atoms with Crippen LogP contribution >= 0.6 is 0 Å². The van der Waals surface area contributed by atoms with E-state index in [1.165, 1.54) is 11.8 Å². The lowest BCUT2D eigenvalue weighted by atomic mass is 10.1. The van der Waals surface area contributed by atoms with Gasteiger partial charge in [0.1, 0.15) is 9.84 Å². The van der Waals surface area contributed by atoms with Crippen LogP contribution in [-0.2, 0) is 16.3 Å². The van der Waals surface area contributed by atoms with Gasteiger partial charge in [0.2, 0.25) is 0 Å². The van der Waals surface area contributed by atoms with Gasteiger partial charge in [-0.15, -0.1) is 0 Å². The highest BCUT2D eigenvalue weighted by atomic mass is 32.2. The van der Waals surface area contributed by atoms with Crippen molar-refractivity contribution in [2.75, 3.05) is 12.0 Å². The van der Waals surface area contributed by atoms with Crippen LogP contribution in [0, 0.1) is 6.92 Å². The van der Waals surface area contributed by atoms with Crippen molar-refractivity contribution in [3.05, 3.63) is 35.4 Å². The molecule has 0 bridgehead atoms. The summed E-state index contributed by atoms with van der Waals surface area (Å²) in [6, 6.07) is 7.66. The summed E-state index contributed by atoms with van der Waals surface area (Å²) >= 11 is 0. The summed E-state index contributed by atoms with van der Waals surface area (Å²) < 4.78 is 22.0. The molecule has 4 heteroatoms. The van der Waals surface area contributed by atoms with Crippen molar-refractivity contribution in [1.29, 1.82) is 0 Å². The summed E-state index contributed by atoms with van der Waals surface area (Å²) in [5.41, 5.74) is 8.02. The van der Waals surface area contributed by atoms with Crippen LogP contribution in [0.4, 0.5) is 0 Å². The maximum atomic E-state index is 11.0. The number of hydrogen-bond acceptors (Lipinski definition) is 3. The Morgan fingerprint density at radius 2 is 1.80 bits per heavy atom. The van der Waals surface area contributed by atoms with Crippen LogP contribution in [0.25, 0.3) is 0 Å². The molecule has 1 aromatic carbocycles. The van der Waals surface area contributed by atoms with Crippen LogP contribution in [0.3, 0.4) is 0 Å². The van der Waals surface area contributed by atoms with E-state index in [-0.39, 0.29) is 11.8 Å². The summed E-state index contributed by atoms with van der Waals surface area (Å²) in [4.78, 5) is 0. The lowest BCUT2D eigenvalue weighted by Crippen LogP contribution is -2.31. The van der Waals surface area contributed by atoms with Crippen molar-refractivity contribution in [3.63, 3.8) is 0 Å². The molecule has 15 heavy (non-hydrogen) atoms. The van der Waals surface area contributed by atoms with Crippen LogP contribution in [0.15, 0.2) is 24.3 Å². The van der Waals surface area contributed by atoms with Gasteiger partial charge in [0.15, 0.2) is 0 Å². The molecule has 0 aliphatic rings. The van der Waals surface area contributed by atoms with Crippen molar-refractivity contribution in [3.8, 4) is 0 Å². The Bertz CT molecular complexity index is 409. The van der Waals surface area contributed by atoms with Gasteiger partial charge in [0.05, 0.1) is 5.75 Å². The fourth-order valence-electron chi connectivity index (χ4n) is 1.47. The molecule has 0 amide bonds. The first-order valence-corrected chi connectivity index (χ1v) is 6.92. The lowest BCUT2D eigenvalue weighted by molar-refractivity contribution is 0.591. The number of sulfone groups is 1. The predicted octanol–water partition coefficient (Wildman–Crippen LogP) is 0.909.